The number of benzene rings is 1. The fraction of sp³-hybridized carbons (Fsp3) is 0.562. The first-order valence-corrected chi connectivity index (χ1v) is 7.17. The van der Waals surface area contributed by atoms with Crippen molar-refractivity contribution < 1.29 is 5.11 Å². The maximum atomic E-state index is 9.48. The lowest BCUT2D eigenvalue weighted by molar-refractivity contribution is 0.181. The number of hydrogen-bond acceptors (Lipinski definition) is 3. The Kier molecular flexibility index (Phi) is 5.38. The maximum absolute atomic E-state index is 9.48. The highest BCUT2D eigenvalue weighted by atomic mass is 16.3. The van der Waals surface area contributed by atoms with E-state index in [0.717, 1.165) is 19.4 Å². The lowest BCUT2D eigenvalue weighted by Gasteiger charge is -2.24. The molecule has 1 aliphatic carbocycles. The molecule has 0 bridgehead atoms. The van der Waals surface area contributed by atoms with Gasteiger partial charge < -0.3 is 10.4 Å². The quantitative estimate of drug-likeness (QED) is 0.816. The predicted octanol–water partition coefficient (Wildman–Crippen LogP) is 2.59. The summed E-state index contributed by atoms with van der Waals surface area (Å²) in [4.78, 5) is 0. The van der Waals surface area contributed by atoms with Gasteiger partial charge in [0.05, 0.1) is 11.6 Å². The Balaban J connectivity index is 1.90. The summed E-state index contributed by atoms with van der Waals surface area (Å²) in [6.45, 7) is 1.10. The van der Waals surface area contributed by atoms with E-state index in [1.807, 2.05) is 24.3 Å². The summed E-state index contributed by atoms with van der Waals surface area (Å²) >= 11 is 0. The number of rotatable bonds is 4. The molecule has 1 aromatic rings. The molecule has 2 atom stereocenters. The summed E-state index contributed by atoms with van der Waals surface area (Å²) in [6.07, 6.45) is 6.05. The molecule has 2 unspecified atom stereocenters. The van der Waals surface area contributed by atoms with E-state index in [-0.39, 0.29) is 6.61 Å². The third-order valence-corrected chi connectivity index (χ3v) is 4.04. The monoisotopic (exact) mass is 258 g/mol. The second kappa shape index (κ2) is 7.28. The summed E-state index contributed by atoms with van der Waals surface area (Å²) in [5, 5.41) is 21.8. The predicted molar refractivity (Wildman–Crippen MR) is 75.4 cm³/mol. The molecular weight excluding hydrogens is 236 g/mol. The van der Waals surface area contributed by atoms with Crippen LogP contribution in [0, 0.1) is 17.2 Å². The molecule has 1 aliphatic rings. The minimum Gasteiger partial charge on any atom is -0.396 e. The molecule has 1 fully saturated rings. The topological polar surface area (TPSA) is 56.0 Å². The normalized spacial score (nSPS) is 23.6. The van der Waals surface area contributed by atoms with Crippen molar-refractivity contribution in [2.45, 2.75) is 44.7 Å². The summed E-state index contributed by atoms with van der Waals surface area (Å²) in [5.41, 5.74) is 1.89. The zero-order valence-corrected chi connectivity index (χ0v) is 11.3. The number of hydrogen-bond donors (Lipinski definition) is 2. The Morgan fingerprint density at radius 1 is 1.16 bits per heavy atom. The smallest absolute Gasteiger partial charge is 0.0991 e. The molecule has 2 rings (SSSR count). The van der Waals surface area contributed by atoms with Crippen LogP contribution in [0.25, 0.3) is 0 Å². The van der Waals surface area contributed by atoms with Gasteiger partial charge in [-0.1, -0.05) is 31.4 Å². The van der Waals surface area contributed by atoms with E-state index in [4.69, 9.17) is 5.26 Å². The molecule has 0 spiro atoms. The van der Waals surface area contributed by atoms with Gasteiger partial charge in [-0.3, -0.25) is 0 Å². The third-order valence-electron chi connectivity index (χ3n) is 4.04. The number of nitriles is 1. The van der Waals surface area contributed by atoms with E-state index in [2.05, 4.69) is 11.4 Å². The van der Waals surface area contributed by atoms with Gasteiger partial charge >= 0.3 is 0 Å². The van der Waals surface area contributed by atoms with Crippen molar-refractivity contribution in [3.05, 3.63) is 35.4 Å². The van der Waals surface area contributed by atoms with Crippen molar-refractivity contribution in [1.82, 2.24) is 5.32 Å². The molecule has 0 radical (unpaired) electrons. The highest BCUT2D eigenvalue weighted by Gasteiger charge is 2.22. The van der Waals surface area contributed by atoms with Crippen LogP contribution in [-0.2, 0) is 6.54 Å². The summed E-state index contributed by atoms with van der Waals surface area (Å²) in [7, 11) is 0. The van der Waals surface area contributed by atoms with E-state index >= 15 is 0 Å². The standard InChI is InChI=1S/C16H22N2O/c17-10-13-6-8-14(9-7-13)11-18-16-5-3-1-2-4-15(16)12-19/h6-9,15-16,18-19H,1-5,11-12H2. The molecule has 0 aliphatic heterocycles. The lowest BCUT2D eigenvalue weighted by atomic mass is 9.95. The van der Waals surface area contributed by atoms with Crippen LogP contribution < -0.4 is 5.32 Å². The number of aliphatic hydroxyl groups is 1. The zero-order valence-electron chi connectivity index (χ0n) is 11.3. The number of nitrogens with one attached hydrogen (secondary N) is 1. The van der Waals surface area contributed by atoms with E-state index in [1.165, 1.54) is 24.8 Å². The van der Waals surface area contributed by atoms with Crippen molar-refractivity contribution in [2.75, 3.05) is 6.61 Å². The van der Waals surface area contributed by atoms with Crippen LogP contribution in [0.3, 0.4) is 0 Å². The van der Waals surface area contributed by atoms with Crippen LogP contribution in [0.5, 0.6) is 0 Å². The number of aliphatic hydroxyl groups excluding tert-OH is 1. The van der Waals surface area contributed by atoms with E-state index in [1.54, 1.807) is 0 Å². The average Bonchev–Trinajstić information content (AvgIpc) is 2.70. The highest BCUT2D eigenvalue weighted by molar-refractivity contribution is 5.31. The molecule has 0 aromatic heterocycles. The van der Waals surface area contributed by atoms with Crippen LogP contribution in [0.15, 0.2) is 24.3 Å². The average molecular weight is 258 g/mol. The molecule has 0 amide bonds. The van der Waals surface area contributed by atoms with Crippen LogP contribution >= 0.6 is 0 Å². The first-order valence-electron chi connectivity index (χ1n) is 7.17. The largest absolute Gasteiger partial charge is 0.396 e. The van der Waals surface area contributed by atoms with Crippen molar-refractivity contribution in [3.8, 4) is 6.07 Å². The van der Waals surface area contributed by atoms with Gasteiger partial charge in [0.25, 0.3) is 0 Å². The molecule has 102 valence electrons. The van der Waals surface area contributed by atoms with Gasteiger partial charge in [-0.15, -0.1) is 0 Å². The molecule has 3 heteroatoms. The Hall–Kier alpha value is -1.37. The molecule has 0 saturated heterocycles. The Bertz CT molecular complexity index is 421. The first kappa shape index (κ1) is 14.0. The van der Waals surface area contributed by atoms with Gasteiger partial charge in [-0.25, -0.2) is 0 Å². The van der Waals surface area contributed by atoms with Gasteiger partial charge in [-0.05, 0) is 36.5 Å². The molecule has 3 nitrogen and oxygen atoms in total. The van der Waals surface area contributed by atoms with Crippen molar-refractivity contribution in [2.24, 2.45) is 5.92 Å². The summed E-state index contributed by atoms with van der Waals surface area (Å²) in [5.74, 6) is 0.390. The van der Waals surface area contributed by atoms with E-state index in [0.29, 0.717) is 17.5 Å². The maximum Gasteiger partial charge on any atom is 0.0991 e. The Labute approximate surface area is 115 Å². The molecule has 2 N–H and O–H groups in total. The second-order valence-corrected chi connectivity index (χ2v) is 5.38. The first-order chi connectivity index (χ1) is 9.33. The van der Waals surface area contributed by atoms with Crippen molar-refractivity contribution >= 4 is 0 Å². The van der Waals surface area contributed by atoms with Crippen LogP contribution in [0.1, 0.15) is 43.2 Å². The van der Waals surface area contributed by atoms with E-state index in [9.17, 15) is 5.11 Å². The lowest BCUT2D eigenvalue weighted by Crippen LogP contribution is -2.36. The van der Waals surface area contributed by atoms with Crippen molar-refractivity contribution in [1.29, 1.82) is 5.26 Å². The van der Waals surface area contributed by atoms with Crippen LogP contribution in [0.4, 0.5) is 0 Å². The van der Waals surface area contributed by atoms with Gasteiger partial charge in [0.1, 0.15) is 0 Å². The fourth-order valence-electron chi connectivity index (χ4n) is 2.82. The fourth-order valence-corrected chi connectivity index (χ4v) is 2.82. The SMILES string of the molecule is N#Cc1ccc(CNC2CCCCCC2CO)cc1. The van der Waals surface area contributed by atoms with Crippen molar-refractivity contribution in [3.63, 3.8) is 0 Å². The minimum atomic E-state index is 0.283. The highest BCUT2D eigenvalue weighted by Crippen LogP contribution is 2.23. The molecule has 1 saturated carbocycles. The Morgan fingerprint density at radius 2 is 1.89 bits per heavy atom. The van der Waals surface area contributed by atoms with Gasteiger partial charge in [0.2, 0.25) is 0 Å². The molecule has 1 aromatic carbocycles. The van der Waals surface area contributed by atoms with Crippen LogP contribution in [-0.4, -0.2) is 17.8 Å². The third kappa shape index (κ3) is 4.05. The van der Waals surface area contributed by atoms with Gasteiger partial charge in [0.15, 0.2) is 0 Å². The minimum absolute atomic E-state index is 0.283. The molecule has 0 heterocycles. The summed E-state index contributed by atoms with van der Waals surface area (Å²) in [6, 6.07) is 10.3. The summed E-state index contributed by atoms with van der Waals surface area (Å²) < 4.78 is 0. The molecule has 19 heavy (non-hydrogen) atoms. The van der Waals surface area contributed by atoms with Gasteiger partial charge in [-0.2, -0.15) is 5.26 Å². The second-order valence-electron chi connectivity index (χ2n) is 5.38. The molecular formula is C16H22N2O. The van der Waals surface area contributed by atoms with Gasteiger partial charge in [0, 0.05) is 19.2 Å². The number of nitrogens with zero attached hydrogens (tertiary/aromatic N) is 1. The zero-order chi connectivity index (χ0) is 13.5. The van der Waals surface area contributed by atoms with Crippen LogP contribution in [0.2, 0.25) is 0 Å². The Morgan fingerprint density at radius 3 is 2.58 bits per heavy atom. The van der Waals surface area contributed by atoms with E-state index < -0.39 is 0 Å².